The Labute approximate surface area is 87.8 Å². The lowest BCUT2D eigenvalue weighted by atomic mass is 9.96. The van der Waals surface area contributed by atoms with Gasteiger partial charge in [0.15, 0.2) is 5.15 Å². The highest BCUT2D eigenvalue weighted by atomic mass is 35.5. The van der Waals surface area contributed by atoms with Gasteiger partial charge in [-0.2, -0.15) is 0 Å². The molecule has 0 aliphatic heterocycles. The predicted octanol–water partition coefficient (Wildman–Crippen LogP) is 2.68. The van der Waals surface area contributed by atoms with E-state index in [2.05, 4.69) is 30.7 Å². The molecule has 0 radical (unpaired) electrons. The van der Waals surface area contributed by atoms with Crippen molar-refractivity contribution < 1.29 is 0 Å². The first-order valence-electron chi connectivity index (χ1n) is 4.48. The highest BCUT2D eigenvalue weighted by Gasteiger charge is 2.20. The monoisotopic (exact) mass is 209 g/mol. The number of imidazole rings is 1. The number of hydrogen-bond acceptors (Lipinski definition) is 2. The Morgan fingerprint density at radius 2 is 2.00 bits per heavy atom. The lowest BCUT2D eigenvalue weighted by Gasteiger charge is -2.16. The van der Waals surface area contributed by atoms with E-state index in [1.807, 2.05) is 10.6 Å². The van der Waals surface area contributed by atoms with Crippen molar-refractivity contribution in [2.75, 3.05) is 0 Å². The van der Waals surface area contributed by atoms with Crippen LogP contribution in [0.4, 0.5) is 0 Å². The van der Waals surface area contributed by atoms with Gasteiger partial charge in [0, 0.05) is 17.8 Å². The lowest BCUT2D eigenvalue weighted by molar-refractivity contribution is 0.542. The van der Waals surface area contributed by atoms with Crippen molar-refractivity contribution in [2.45, 2.75) is 26.2 Å². The third kappa shape index (κ3) is 1.38. The zero-order chi connectivity index (χ0) is 10.3. The number of fused-ring (bicyclic) bond motifs is 1. The summed E-state index contributed by atoms with van der Waals surface area (Å²) in [6.07, 6.45) is 5.33. The van der Waals surface area contributed by atoms with E-state index in [0.717, 1.165) is 11.3 Å². The molecule has 0 fully saturated rings. The van der Waals surface area contributed by atoms with Gasteiger partial charge in [0.25, 0.3) is 0 Å². The van der Waals surface area contributed by atoms with Crippen molar-refractivity contribution in [1.29, 1.82) is 0 Å². The minimum atomic E-state index is 0.0110. The van der Waals surface area contributed by atoms with E-state index in [1.165, 1.54) is 0 Å². The van der Waals surface area contributed by atoms with Crippen LogP contribution in [0.1, 0.15) is 26.6 Å². The number of nitrogens with zero attached hydrogens (tertiary/aromatic N) is 3. The molecule has 0 bridgehead atoms. The third-order valence-corrected chi connectivity index (χ3v) is 2.37. The van der Waals surface area contributed by atoms with Crippen LogP contribution in [0.2, 0.25) is 5.15 Å². The van der Waals surface area contributed by atoms with Gasteiger partial charge in [-0.05, 0) is 0 Å². The minimum Gasteiger partial charge on any atom is -0.299 e. The summed E-state index contributed by atoms with van der Waals surface area (Å²) in [6, 6.07) is 0. The summed E-state index contributed by atoms with van der Waals surface area (Å²) in [5.41, 5.74) is 0.871. The zero-order valence-corrected chi connectivity index (χ0v) is 9.21. The molecule has 0 aliphatic carbocycles. The lowest BCUT2D eigenvalue weighted by Crippen LogP contribution is -2.15. The Hall–Kier alpha value is -1.09. The van der Waals surface area contributed by atoms with Crippen LogP contribution < -0.4 is 0 Å². The van der Waals surface area contributed by atoms with E-state index < -0.39 is 0 Å². The molecule has 0 atom stereocenters. The van der Waals surface area contributed by atoms with Crippen LogP contribution >= 0.6 is 11.6 Å². The molecular formula is C10H12ClN3. The Balaban J connectivity index is 2.76. The Morgan fingerprint density at radius 3 is 2.64 bits per heavy atom. The second kappa shape index (κ2) is 2.95. The van der Waals surface area contributed by atoms with Crippen LogP contribution in [-0.2, 0) is 5.41 Å². The second-order valence-electron chi connectivity index (χ2n) is 4.31. The van der Waals surface area contributed by atoms with Gasteiger partial charge in [0.2, 0.25) is 0 Å². The van der Waals surface area contributed by atoms with Crippen LogP contribution in [0, 0.1) is 0 Å². The van der Waals surface area contributed by atoms with Crippen LogP contribution in [0.15, 0.2) is 18.6 Å². The molecule has 2 aromatic rings. The molecule has 2 heterocycles. The normalized spacial score (nSPS) is 12.3. The third-order valence-electron chi connectivity index (χ3n) is 2.08. The van der Waals surface area contributed by atoms with E-state index in [0.29, 0.717) is 5.15 Å². The van der Waals surface area contributed by atoms with Crippen LogP contribution in [0.5, 0.6) is 0 Å². The molecule has 0 unspecified atom stereocenters. The number of rotatable bonds is 0. The maximum atomic E-state index is 5.95. The quantitative estimate of drug-likeness (QED) is 0.668. The van der Waals surface area contributed by atoms with E-state index in [9.17, 15) is 0 Å². The van der Waals surface area contributed by atoms with Gasteiger partial charge in [-0.15, -0.1) is 0 Å². The van der Waals surface area contributed by atoms with Crippen molar-refractivity contribution in [1.82, 2.24) is 14.4 Å². The van der Waals surface area contributed by atoms with E-state index in [-0.39, 0.29) is 5.41 Å². The van der Waals surface area contributed by atoms with E-state index in [1.54, 1.807) is 12.4 Å². The first-order chi connectivity index (χ1) is 6.50. The SMILES string of the molecule is CC(C)(C)c1ncc2c(Cl)nccn12. The van der Waals surface area contributed by atoms with Crippen LogP contribution in [-0.4, -0.2) is 14.4 Å². The van der Waals surface area contributed by atoms with E-state index >= 15 is 0 Å². The van der Waals surface area contributed by atoms with Gasteiger partial charge < -0.3 is 0 Å². The van der Waals surface area contributed by atoms with Gasteiger partial charge in [-0.3, -0.25) is 4.40 Å². The standard InChI is InChI=1S/C10H12ClN3/c1-10(2,3)9-13-6-7-8(11)12-4-5-14(7)9/h4-6H,1-3H3. The van der Waals surface area contributed by atoms with Crippen molar-refractivity contribution in [3.8, 4) is 0 Å². The summed E-state index contributed by atoms with van der Waals surface area (Å²) in [7, 11) is 0. The summed E-state index contributed by atoms with van der Waals surface area (Å²) >= 11 is 5.95. The molecule has 74 valence electrons. The van der Waals surface area contributed by atoms with Crippen molar-refractivity contribution in [3.05, 3.63) is 29.6 Å². The van der Waals surface area contributed by atoms with Gasteiger partial charge >= 0.3 is 0 Å². The van der Waals surface area contributed by atoms with E-state index in [4.69, 9.17) is 11.6 Å². The molecule has 0 saturated carbocycles. The van der Waals surface area contributed by atoms with Crippen LogP contribution in [0.25, 0.3) is 5.52 Å². The number of halogens is 1. The molecule has 2 rings (SSSR count). The minimum absolute atomic E-state index is 0.0110. The maximum absolute atomic E-state index is 5.95. The Bertz CT molecular complexity index is 468. The predicted molar refractivity (Wildman–Crippen MR) is 56.7 cm³/mol. The molecule has 3 nitrogen and oxygen atoms in total. The first-order valence-corrected chi connectivity index (χ1v) is 4.86. The van der Waals surface area contributed by atoms with Crippen LogP contribution in [0.3, 0.4) is 0 Å². The van der Waals surface area contributed by atoms with Gasteiger partial charge in [0.05, 0.1) is 6.20 Å². The molecule has 4 heteroatoms. The van der Waals surface area contributed by atoms with Gasteiger partial charge in [-0.25, -0.2) is 9.97 Å². The Kier molecular flexibility index (Phi) is 2.00. The molecule has 0 amide bonds. The van der Waals surface area contributed by atoms with Crippen molar-refractivity contribution in [3.63, 3.8) is 0 Å². The summed E-state index contributed by atoms with van der Waals surface area (Å²) in [5.74, 6) is 0.997. The summed E-state index contributed by atoms with van der Waals surface area (Å²) in [5, 5.41) is 0.496. The Morgan fingerprint density at radius 1 is 1.29 bits per heavy atom. The fourth-order valence-electron chi connectivity index (χ4n) is 1.45. The highest BCUT2D eigenvalue weighted by molar-refractivity contribution is 6.32. The zero-order valence-electron chi connectivity index (χ0n) is 8.45. The molecule has 0 N–H and O–H groups in total. The molecule has 0 aliphatic rings. The maximum Gasteiger partial charge on any atom is 0.154 e. The topological polar surface area (TPSA) is 30.2 Å². The van der Waals surface area contributed by atoms with Gasteiger partial charge in [0.1, 0.15) is 11.3 Å². The van der Waals surface area contributed by atoms with Crippen molar-refractivity contribution >= 4 is 17.1 Å². The fraction of sp³-hybridized carbons (Fsp3) is 0.400. The molecule has 14 heavy (non-hydrogen) atoms. The first kappa shape index (κ1) is 9.46. The van der Waals surface area contributed by atoms with Gasteiger partial charge in [-0.1, -0.05) is 32.4 Å². The molecule has 2 aromatic heterocycles. The molecule has 0 spiro atoms. The summed E-state index contributed by atoms with van der Waals surface area (Å²) in [6.45, 7) is 6.36. The smallest absolute Gasteiger partial charge is 0.154 e. The molecule has 0 aromatic carbocycles. The molecule has 0 saturated heterocycles. The summed E-state index contributed by atoms with van der Waals surface area (Å²) in [4.78, 5) is 8.37. The van der Waals surface area contributed by atoms with Crippen molar-refractivity contribution in [2.24, 2.45) is 0 Å². The number of hydrogen-bond donors (Lipinski definition) is 0. The summed E-state index contributed by atoms with van der Waals surface area (Å²) < 4.78 is 1.98. The largest absolute Gasteiger partial charge is 0.299 e. The highest BCUT2D eigenvalue weighted by Crippen LogP contribution is 2.24. The average molecular weight is 210 g/mol. The average Bonchev–Trinajstić information content (AvgIpc) is 2.47. The fourth-order valence-corrected chi connectivity index (χ4v) is 1.65. The second-order valence-corrected chi connectivity index (χ2v) is 4.66. The number of aromatic nitrogens is 3. The molecular weight excluding hydrogens is 198 g/mol.